The molecule has 0 atom stereocenters. The maximum atomic E-state index is 5.58. The van der Waals surface area contributed by atoms with E-state index in [0.29, 0.717) is 12.5 Å². The number of anilines is 1. The smallest absolute Gasteiger partial charge is 0.225 e. The predicted octanol–water partition coefficient (Wildman–Crippen LogP) is 1.73. The number of aryl methyl sites for hydroxylation is 1. The van der Waals surface area contributed by atoms with Gasteiger partial charge in [-0.05, 0) is 19.3 Å². The minimum atomic E-state index is 0.502. The van der Waals surface area contributed by atoms with E-state index in [1.54, 1.807) is 0 Å². The molecule has 1 rings (SSSR count). The lowest BCUT2D eigenvalue weighted by Crippen LogP contribution is -2.22. The van der Waals surface area contributed by atoms with Crippen LogP contribution in [0.4, 0.5) is 5.95 Å². The number of nitrogens with zero attached hydrogens (tertiary/aromatic N) is 3. The molecule has 16 heavy (non-hydrogen) atoms. The topological polar surface area (TPSA) is 55.0 Å². The van der Waals surface area contributed by atoms with Crippen molar-refractivity contribution in [2.24, 2.45) is 11.7 Å². The maximum absolute atomic E-state index is 5.58. The van der Waals surface area contributed by atoms with Gasteiger partial charge in [-0.1, -0.05) is 13.8 Å². The molecule has 0 aromatic carbocycles. The molecule has 0 aliphatic heterocycles. The molecule has 0 radical (unpaired) electrons. The molecule has 0 amide bonds. The van der Waals surface area contributed by atoms with Crippen molar-refractivity contribution in [2.45, 2.75) is 33.7 Å². The highest BCUT2D eigenvalue weighted by Crippen LogP contribution is 2.11. The molecule has 4 nitrogen and oxygen atoms in total. The lowest BCUT2D eigenvalue weighted by Gasteiger charge is -2.18. The van der Waals surface area contributed by atoms with E-state index in [9.17, 15) is 0 Å². The van der Waals surface area contributed by atoms with Gasteiger partial charge in [-0.2, -0.15) is 0 Å². The largest absolute Gasteiger partial charge is 0.344 e. The summed E-state index contributed by atoms with van der Waals surface area (Å²) < 4.78 is 0. The third-order valence-corrected chi connectivity index (χ3v) is 2.67. The summed E-state index contributed by atoms with van der Waals surface area (Å²) in [5.74, 6) is 1.49. The van der Waals surface area contributed by atoms with Crippen LogP contribution >= 0.6 is 0 Å². The van der Waals surface area contributed by atoms with Crippen LogP contribution in [-0.2, 0) is 6.54 Å². The van der Waals surface area contributed by atoms with Gasteiger partial charge in [-0.3, -0.25) is 0 Å². The highest BCUT2D eigenvalue weighted by molar-refractivity contribution is 5.31. The molecule has 0 saturated heterocycles. The molecular weight excluding hydrogens is 200 g/mol. The van der Waals surface area contributed by atoms with E-state index in [2.05, 4.69) is 28.7 Å². The number of aromatic nitrogens is 2. The quantitative estimate of drug-likeness (QED) is 0.824. The summed E-state index contributed by atoms with van der Waals surface area (Å²) in [4.78, 5) is 10.9. The summed E-state index contributed by atoms with van der Waals surface area (Å²) in [6.45, 7) is 7.90. The third kappa shape index (κ3) is 3.45. The normalized spacial score (nSPS) is 10.9. The summed E-state index contributed by atoms with van der Waals surface area (Å²) in [5.41, 5.74) is 7.57. The predicted molar refractivity (Wildman–Crippen MR) is 67.4 cm³/mol. The van der Waals surface area contributed by atoms with Crippen LogP contribution < -0.4 is 10.6 Å². The van der Waals surface area contributed by atoms with Gasteiger partial charge < -0.3 is 10.6 Å². The fourth-order valence-electron chi connectivity index (χ4n) is 1.42. The molecule has 0 saturated carbocycles. The van der Waals surface area contributed by atoms with E-state index >= 15 is 0 Å². The van der Waals surface area contributed by atoms with Crippen LogP contribution in [0, 0.1) is 12.8 Å². The van der Waals surface area contributed by atoms with Crippen LogP contribution in [0.5, 0.6) is 0 Å². The van der Waals surface area contributed by atoms with Gasteiger partial charge in [0, 0.05) is 37.6 Å². The summed E-state index contributed by atoms with van der Waals surface area (Å²) in [7, 11) is 2.03. The van der Waals surface area contributed by atoms with Crippen molar-refractivity contribution in [2.75, 3.05) is 18.5 Å². The van der Waals surface area contributed by atoms with E-state index in [0.717, 1.165) is 30.2 Å². The Balaban J connectivity index is 2.69. The lowest BCUT2D eigenvalue weighted by atomic mass is 10.1. The minimum Gasteiger partial charge on any atom is -0.344 e. The van der Waals surface area contributed by atoms with Gasteiger partial charge >= 0.3 is 0 Å². The summed E-state index contributed by atoms with van der Waals surface area (Å²) in [6.07, 6.45) is 2.97. The number of hydrogen-bond acceptors (Lipinski definition) is 4. The fraction of sp³-hybridized carbons (Fsp3) is 0.667. The van der Waals surface area contributed by atoms with Gasteiger partial charge in [-0.25, -0.2) is 9.97 Å². The fourth-order valence-corrected chi connectivity index (χ4v) is 1.42. The van der Waals surface area contributed by atoms with Crippen LogP contribution in [0.15, 0.2) is 6.20 Å². The third-order valence-electron chi connectivity index (χ3n) is 2.67. The lowest BCUT2D eigenvalue weighted by molar-refractivity contribution is 0.581. The molecule has 0 spiro atoms. The van der Waals surface area contributed by atoms with Crippen molar-refractivity contribution in [3.8, 4) is 0 Å². The Morgan fingerprint density at radius 3 is 2.62 bits per heavy atom. The summed E-state index contributed by atoms with van der Waals surface area (Å²) in [6, 6.07) is 0. The van der Waals surface area contributed by atoms with Gasteiger partial charge in [0.1, 0.15) is 0 Å². The van der Waals surface area contributed by atoms with E-state index in [1.807, 2.05) is 20.2 Å². The Bertz CT molecular complexity index is 336. The van der Waals surface area contributed by atoms with Crippen LogP contribution in [0.25, 0.3) is 0 Å². The van der Waals surface area contributed by atoms with E-state index in [4.69, 9.17) is 5.73 Å². The van der Waals surface area contributed by atoms with Gasteiger partial charge in [0.05, 0.1) is 0 Å². The number of nitrogens with two attached hydrogens (primary N) is 1. The summed E-state index contributed by atoms with van der Waals surface area (Å²) in [5, 5.41) is 0. The Morgan fingerprint density at radius 1 is 1.44 bits per heavy atom. The molecule has 2 N–H and O–H groups in total. The van der Waals surface area contributed by atoms with Crippen molar-refractivity contribution in [1.29, 1.82) is 0 Å². The van der Waals surface area contributed by atoms with Gasteiger partial charge in [0.25, 0.3) is 0 Å². The first-order valence-electron chi connectivity index (χ1n) is 5.78. The molecule has 1 aromatic rings. The molecule has 90 valence electrons. The summed E-state index contributed by atoms with van der Waals surface area (Å²) >= 11 is 0. The second kappa shape index (κ2) is 5.80. The van der Waals surface area contributed by atoms with Gasteiger partial charge in [0.2, 0.25) is 5.95 Å². The molecule has 1 aromatic heterocycles. The first kappa shape index (κ1) is 12.9. The van der Waals surface area contributed by atoms with Crippen molar-refractivity contribution in [1.82, 2.24) is 9.97 Å². The second-order valence-corrected chi connectivity index (χ2v) is 4.59. The highest BCUT2D eigenvalue weighted by atomic mass is 15.2. The number of hydrogen-bond donors (Lipinski definition) is 1. The van der Waals surface area contributed by atoms with Crippen molar-refractivity contribution >= 4 is 5.95 Å². The Labute approximate surface area is 97.9 Å². The van der Waals surface area contributed by atoms with Crippen LogP contribution in [0.3, 0.4) is 0 Å². The Hall–Kier alpha value is -1.16. The maximum Gasteiger partial charge on any atom is 0.225 e. The number of rotatable bonds is 5. The zero-order valence-electron chi connectivity index (χ0n) is 10.7. The van der Waals surface area contributed by atoms with Crippen LogP contribution in [-0.4, -0.2) is 23.6 Å². The van der Waals surface area contributed by atoms with Crippen molar-refractivity contribution in [3.05, 3.63) is 17.5 Å². The standard InChI is InChI=1S/C12H22N4/c1-9(2)5-6-16(4)12-14-8-11(7-13)10(3)15-12/h8-9H,5-7,13H2,1-4H3. The van der Waals surface area contributed by atoms with Gasteiger partial charge in [-0.15, -0.1) is 0 Å². The molecule has 0 fully saturated rings. The van der Waals surface area contributed by atoms with E-state index < -0.39 is 0 Å². The Morgan fingerprint density at radius 2 is 2.12 bits per heavy atom. The molecule has 1 heterocycles. The highest BCUT2D eigenvalue weighted by Gasteiger charge is 2.07. The molecule has 0 aliphatic carbocycles. The first-order chi connectivity index (χ1) is 7.54. The molecular formula is C12H22N4. The van der Waals surface area contributed by atoms with Crippen molar-refractivity contribution in [3.63, 3.8) is 0 Å². The second-order valence-electron chi connectivity index (χ2n) is 4.59. The monoisotopic (exact) mass is 222 g/mol. The van der Waals surface area contributed by atoms with Crippen molar-refractivity contribution < 1.29 is 0 Å². The molecule has 0 bridgehead atoms. The van der Waals surface area contributed by atoms with E-state index in [-0.39, 0.29) is 0 Å². The average Bonchev–Trinajstić information content (AvgIpc) is 2.25. The molecule has 4 heteroatoms. The molecule has 0 aliphatic rings. The van der Waals surface area contributed by atoms with Crippen LogP contribution in [0.2, 0.25) is 0 Å². The zero-order valence-corrected chi connectivity index (χ0v) is 10.7. The van der Waals surface area contributed by atoms with E-state index in [1.165, 1.54) is 0 Å². The average molecular weight is 222 g/mol. The van der Waals surface area contributed by atoms with Crippen LogP contribution in [0.1, 0.15) is 31.5 Å². The minimum absolute atomic E-state index is 0.502. The first-order valence-corrected chi connectivity index (χ1v) is 5.78. The zero-order chi connectivity index (χ0) is 12.1. The Kier molecular flexibility index (Phi) is 4.68. The SMILES string of the molecule is Cc1nc(N(C)CCC(C)C)ncc1CN. The molecule has 0 unspecified atom stereocenters. The van der Waals surface area contributed by atoms with Gasteiger partial charge in [0.15, 0.2) is 0 Å².